The van der Waals surface area contributed by atoms with E-state index in [1.165, 1.54) is 0 Å². The molecule has 0 aliphatic heterocycles. The molecule has 0 amide bonds. The van der Waals surface area contributed by atoms with Crippen LogP contribution in [0, 0.1) is 13.8 Å². The highest BCUT2D eigenvalue weighted by molar-refractivity contribution is 5.95. The minimum Gasteiger partial charge on any atom is -0.478 e. The lowest BCUT2D eigenvalue weighted by Gasteiger charge is -2.10. The van der Waals surface area contributed by atoms with Crippen LogP contribution in [0.25, 0.3) is 5.69 Å². The molecular weight excluding hydrogens is 218 g/mol. The maximum atomic E-state index is 11.1. The van der Waals surface area contributed by atoms with Gasteiger partial charge in [-0.2, -0.15) is 0 Å². The average molecular weight is 231 g/mol. The molecule has 1 heterocycles. The van der Waals surface area contributed by atoms with Gasteiger partial charge in [-0.25, -0.2) is 9.78 Å². The second-order valence-electron chi connectivity index (χ2n) is 3.87. The maximum Gasteiger partial charge on any atom is 0.337 e. The number of anilines is 1. The number of hydrogen-bond donors (Lipinski definition) is 2. The highest BCUT2D eigenvalue weighted by Gasteiger charge is 2.13. The zero-order valence-corrected chi connectivity index (χ0v) is 9.64. The van der Waals surface area contributed by atoms with Gasteiger partial charge in [-0.15, -0.1) is 0 Å². The molecule has 0 saturated heterocycles. The summed E-state index contributed by atoms with van der Waals surface area (Å²) < 4.78 is 1.82. The van der Waals surface area contributed by atoms with Crippen molar-refractivity contribution in [1.82, 2.24) is 9.55 Å². The number of nitrogens with two attached hydrogens (primary N) is 1. The number of aryl methyl sites for hydroxylation is 2. The Hall–Kier alpha value is -2.30. The van der Waals surface area contributed by atoms with E-state index in [2.05, 4.69) is 4.98 Å². The number of rotatable bonds is 2. The van der Waals surface area contributed by atoms with Crippen molar-refractivity contribution in [2.75, 3.05) is 5.73 Å². The third kappa shape index (κ3) is 1.87. The molecule has 88 valence electrons. The number of carbonyl (C=O) groups is 1. The number of nitrogen functional groups attached to an aromatic ring is 1. The SMILES string of the molecule is Cc1cc(-n2ccnc2C)cc(C(=O)O)c1N. The Morgan fingerprint density at radius 2 is 2.12 bits per heavy atom. The van der Waals surface area contributed by atoms with Gasteiger partial charge in [-0.05, 0) is 31.5 Å². The lowest BCUT2D eigenvalue weighted by atomic mass is 10.1. The predicted octanol–water partition coefficient (Wildman–Crippen LogP) is 1.77. The topological polar surface area (TPSA) is 81.1 Å². The molecule has 2 rings (SSSR count). The zero-order valence-electron chi connectivity index (χ0n) is 9.64. The Kier molecular flexibility index (Phi) is 2.59. The molecule has 5 heteroatoms. The molecule has 0 radical (unpaired) electrons. The van der Waals surface area contributed by atoms with Crippen molar-refractivity contribution >= 4 is 11.7 Å². The van der Waals surface area contributed by atoms with Gasteiger partial charge < -0.3 is 15.4 Å². The number of nitrogens with zero attached hydrogens (tertiary/aromatic N) is 2. The van der Waals surface area contributed by atoms with E-state index in [9.17, 15) is 4.79 Å². The van der Waals surface area contributed by atoms with Crippen LogP contribution in [0.4, 0.5) is 5.69 Å². The zero-order chi connectivity index (χ0) is 12.6. The number of carboxylic acid groups (broad SMARTS) is 1. The number of aromatic nitrogens is 2. The van der Waals surface area contributed by atoms with Crippen LogP contribution in [-0.2, 0) is 0 Å². The van der Waals surface area contributed by atoms with Crippen molar-refractivity contribution in [3.8, 4) is 5.69 Å². The molecule has 5 nitrogen and oxygen atoms in total. The van der Waals surface area contributed by atoms with Crippen LogP contribution in [0.15, 0.2) is 24.5 Å². The minimum absolute atomic E-state index is 0.119. The van der Waals surface area contributed by atoms with Gasteiger partial charge in [0.05, 0.1) is 5.56 Å². The van der Waals surface area contributed by atoms with Crippen LogP contribution >= 0.6 is 0 Å². The maximum absolute atomic E-state index is 11.1. The van der Waals surface area contributed by atoms with Crippen molar-refractivity contribution in [1.29, 1.82) is 0 Å². The standard InChI is InChI=1S/C12H13N3O2/c1-7-5-9(15-4-3-14-8(15)2)6-10(11(7)13)12(16)17/h3-6H,13H2,1-2H3,(H,16,17). The summed E-state index contributed by atoms with van der Waals surface area (Å²) >= 11 is 0. The summed E-state index contributed by atoms with van der Waals surface area (Å²) in [5, 5.41) is 9.08. The minimum atomic E-state index is -1.02. The van der Waals surface area contributed by atoms with Gasteiger partial charge in [0.15, 0.2) is 0 Å². The smallest absolute Gasteiger partial charge is 0.337 e. The van der Waals surface area contributed by atoms with Crippen molar-refractivity contribution in [2.45, 2.75) is 13.8 Å². The fourth-order valence-corrected chi connectivity index (χ4v) is 1.75. The van der Waals surface area contributed by atoms with E-state index in [1.54, 1.807) is 25.4 Å². The molecule has 0 aliphatic rings. The van der Waals surface area contributed by atoms with Gasteiger partial charge in [0.2, 0.25) is 0 Å². The summed E-state index contributed by atoms with van der Waals surface area (Å²) in [5.74, 6) is -0.226. The van der Waals surface area contributed by atoms with E-state index in [1.807, 2.05) is 17.6 Å². The van der Waals surface area contributed by atoms with Gasteiger partial charge in [0, 0.05) is 23.8 Å². The summed E-state index contributed by atoms with van der Waals surface area (Å²) in [6, 6.07) is 3.40. The van der Waals surface area contributed by atoms with E-state index < -0.39 is 5.97 Å². The molecule has 17 heavy (non-hydrogen) atoms. The molecule has 0 spiro atoms. The lowest BCUT2D eigenvalue weighted by Crippen LogP contribution is -2.07. The van der Waals surface area contributed by atoms with Crippen LogP contribution in [0.1, 0.15) is 21.7 Å². The third-order valence-corrected chi connectivity index (χ3v) is 2.71. The molecule has 2 aromatic rings. The molecule has 0 atom stereocenters. The van der Waals surface area contributed by atoms with Gasteiger partial charge in [-0.3, -0.25) is 0 Å². The Labute approximate surface area is 98.5 Å². The highest BCUT2D eigenvalue weighted by atomic mass is 16.4. The van der Waals surface area contributed by atoms with Gasteiger partial charge in [0.25, 0.3) is 0 Å². The van der Waals surface area contributed by atoms with Crippen molar-refractivity contribution < 1.29 is 9.90 Å². The van der Waals surface area contributed by atoms with Crippen molar-refractivity contribution in [3.05, 3.63) is 41.5 Å². The molecule has 0 aliphatic carbocycles. The van der Waals surface area contributed by atoms with Gasteiger partial charge in [0.1, 0.15) is 5.82 Å². The first-order valence-electron chi connectivity index (χ1n) is 5.14. The van der Waals surface area contributed by atoms with Crippen LogP contribution in [-0.4, -0.2) is 20.6 Å². The molecule has 3 N–H and O–H groups in total. The van der Waals surface area contributed by atoms with Gasteiger partial charge in [-0.1, -0.05) is 0 Å². The number of carboxylic acids is 1. The first-order valence-corrected chi connectivity index (χ1v) is 5.14. The Bertz CT molecular complexity index is 587. The highest BCUT2D eigenvalue weighted by Crippen LogP contribution is 2.22. The van der Waals surface area contributed by atoms with Gasteiger partial charge >= 0.3 is 5.97 Å². The quantitative estimate of drug-likeness (QED) is 0.772. The largest absolute Gasteiger partial charge is 0.478 e. The Balaban J connectivity index is 2.65. The van der Waals surface area contributed by atoms with Crippen molar-refractivity contribution in [3.63, 3.8) is 0 Å². The second-order valence-corrected chi connectivity index (χ2v) is 3.87. The third-order valence-electron chi connectivity index (χ3n) is 2.71. The fraction of sp³-hybridized carbons (Fsp3) is 0.167. The van der Waals surface area contributed by atoms with Crippen LogP contribution < -0.4 is 5.73 Å². The number of hydrogen-bond acceptors (Lipinski definition) is 3. The number of aromatic carboxylic acids is 1. The fourth-order valence-electron chi connectivity index (χ4n) is 1.75. The molecular formula is C12H13N3O2. The molecule has 0 fully saturated rings. The second kappa shape index (κ2) is 3.93. The number of imidazole rings is 1. The molecule has 1 aromatic heterocycles. The van der Waals surface area contributed by atoms with E-state index in [-0.39, 0.29) is 5.56 Å². The molecule has 0 unspecified atom stereocenters. The predicted molar refractivity (Wildman–Crippen MR) is 64.4 cm³/mol. The molecule has 0 bridgehead atoms. The van der Waals surface area contributed by atoms with Crippen molar-refractivity contribution in [2.24, 2.45) is 0 Å². The molecule has 1 aromatic carbocycles. The monoisotopic (exact) mass is 231 g/mol. The normalized spacial score (nSPS) is 10.5. The Morgan fingerprint density at radius 1 is 1.41 bits per heavy atom. The van der Waals surface area contributed by atoms with E-state index >= 15 is 0 Å². The first kappa shape index (κ1) is 11.2. The number of benzene rings is 1. The summed E-state index contributed by atoms with van der Waals surface area (Å²) in [4.78, 5) is 15.2. The lowest BCUT2D eigenvalue weighted by molar-refractivity contribution is 0.0698. The van der Waals surface area contributed by atoms with E-state index in [0.717, 1.165) is 17.1 Å². The van der Waals surface area contributed by atoms with Crippen LogP contribution in [0.3, 0.4) is 0 Å². The summed E-state index contributed by atoms with van der Waals surface area (Å²) in [7, 11) is 0. The summed E-state index contributed by atoms with van der Waals surface area (Å²) in [6.45, 7) is 3.64. The summed E-state index contributed by atoms with van der Waals surface area (Å²) in [5.41, 5.74) is 7.66. The molecule has 0 saturated carbocycles. The Morgan fingerprint density at radius 3 is 2.65 bits per heavy atom. The summed E-state index contributed by atoms with van der Waals surface area (Å²) in [6.07, 6.45) is 3.45. The van der Waals surface area contributed by atoms with Crippen LogP contribution in [0.2, 0.25) is 0 Å². The van der Waals surface area contributed by atoms with E-state index in [4.69, 9.17) is 10.8 Å². The average Bonchev–Trinajstić information content (AvgIpc) is 2.68. The van der Waals surface area contributed by atoms with Crippen LogP contribution in [0.5, 0.6) is 0 Å². The first-order chi connectivity index (χ1) is 8.00. The van der Waals surface area contributed by atoms with E-state index in [0.29, 0.717) is 5.69 Å².